The number of carbonyl (C=O) groups is 1. The summed E-state index contributed by atoms with van der Waals surface area (Å²) in [4.78, 5) is 24.4. The fourth-order valence-corrected chi connectivity index (χ4v) is 5.17. The number of anilines is 1. The lowest BCUT2D eigenvalue weighted by atomic mass is 10.1. The number of thiophene rings is 1. The van der Waals surface area contributed by atoms with Crippen LogP contribution >= 0.6 is 11.3 Å². The predicted octanol–water partition coefficient (Wildman–Crippen LogP) is 2.82. The number of aromatic amines is 1. The number of morpholine rings is 1. The summed E-state index contributed by atoms with van der Waals surface area (Å²) in [6, 6.07) is 8.20. The second-order valence-electron chi connectivity index (χ2n) is 8.13. The minimum absolute atomic E-state index is 0.240. The standard InChI is InChI=1S/C23H27N7O2S/c24-20(31)6-1-2-7-25-13-15-12-19-21(33-15)23(30-8-10-32-11-9-30)28-22(27-19)16-4-3-5-18-17(16)14-26-29-18/h3-5,12,14,25H,1-2,6-11,13H2,(H2,24,31)(H,26,29). The minimum atomic E-state index is -0.240. The molecular formula is C23H27N7O2S. The monoisotopic (exact) mass is 465 g/mol. The molecule has 9 nitrogen and oxygen atoms in total. The number of H-pyrrole nitrogens is 1. The molecule has 172 valence electrons. The van der Waals surface area contributed by atoms with Crippen LogP contribution in [0.4, 0.5) is 5.82 Å². The van der Waals surface area contributed by atoms with Crippen molar-refractivity contribution in [1.82, 2.24) is 25.5 Å². The smallest absolute Gasteiger partial charge is 0.217 e. The van der Waals surface area contributed by atoms with Crippen molar-refractivity contribution in [1.29, 1.82) is 0 Å². The Balaban J connectivity index is 1.44. The van der Waals surface area contributed by atoms with Crippen LogP contribution in [0.1, 0.15) is 24.1 Å². The van der Waals surface area contributed by atoms with Crippen molar-refractivity contribution in [2.45, 2.75) is 25.8 Å². The molecule has 1 aliphatic heterocycles. The van der Waals surface area contributed by atoms with Crippen LogP contribution in [-0.4, -0.2) is 58.9 Å². The molecule has 0 bridgehead atoms. The van der Waals surface area contributed by atoms with Gasteiger partial charge in [-0.1, -0.05) is 12.1 Å². The summed E-state index contributed by atoms with van der Waals surface area (Å²) < 4.78 is 6.67. The summed E-state index contributed by atoms with van der Waals surface area (Å²) in [5, 5.41) is 11.7. The maximum atomic E-state index is 10.9. The minimum Gasteiger partial charge on any atom is -0.378 e. The Morgan fingerprint density at radius 2 is 2.12 bits per heavy atom. The number of fused-ring (bicyclic) bond motifs is 2. The van der Waals surface area contributed by atoms with Crippen LogP contribution < -0.4 is 16.0 Å². The normalized spacial score (nSPS) is 14.4. The lowest BCUT2D eigenvalue weighted by molar-refractivity contribution is -0.118. The second-order valence-corrected chi connectivity index (χ2v) is 9.27. The van der Waals surface area contributed by atoms with E-state index in [2.05, 4.69) is 26.5 Å². The third kappa shape index (κ3) is 4.82. The number of hydrogen-bond donors (Lipinski definition) is 3. The highest BCUT2D eigenvalue weighted by Crippen LogP contribution is 2.35. The first-order valence-electron chi connectivity index (χ1n) is 11.2. The number of ether oxygens (including phenoxy) is 1. The largest absolute Gasteiger partial charge is 0.378 e. The van der Waals surface area contributed by atoms with Crippen LogP contribution in [-0.2, 0) is 16.1 Å². The summed E-state index contributed by atoms with van der Waals surface area (Å²) in [7, 11) is 0. The van der Waals surface area contributed by atoms with Crippen molar-refractivity contribution in [3.05, 3.63) is 35.3 Å². The first-order valence-corrected chi connectivity index (χ1v) is 12.1. The van der Waals surface area contributed by atoms with Gasteiger partial charge in [0.25, 0.3) is 0 Å². The Morgan fingerprint density at radius 3 is 2.97 bits per heavy atom. The number of amides is 1. The summed E-state index contributed by atoms with van der Waals surface area (Å²) in [6.07, 6.45) is 4.00. The number of carbonyl (C=O) groups excluding carboxylic acids is 1. The number of aromatic nitrogens is 4. The number of nitrogens with zero attached hydrogens (tertiary/aromatic N) is 4. The maximum absolute atomic E-state index is 10.9. The number of rotatable bonds is 9. The van der Waals surface area contributed by atoms with Gasteiger partial charge in [-0.25, -0.2) is 9.97 Å². The van der Waals surface area contributed by atoms with Crippen LogP contribution in [0.25, 0.3) is 32.5 Å². The van der Waals surface area contributed by atoms with Gasteiger partial charge in [-0.3, -0.25) is 9.89 Å². The third-order valence-electron chi connectivity index (χ3n) is 5.77. The number of hydrogen-bond acceptors (Lipinski definition) is 8. The number of benzene rings is 1. The van der Waals surface area contributed by atoms with Crippen molar-refractivity contribution in [3.63, 3.8) is 0 Å². The van der Waals surface area contributed by atoms with Gasteiger partial charge < -0.3 is 20.7 Å². The van der Waals surface area contributed by atoms with Crippen LogP contribution in [0, 0.1) is 0 Å². The lowest BCUT2D eigenvalue weighted by Crippen LogP contribution is -2.36. The predicted molar refractivity (Wildman–Crippen MR) is 130 cm³/mol. The first-order chi connectivity index (χ1) is 16.2. The molecule has 4 aromatic rings. The molecule has 1 fully saturated rings. The van der Waals surface area contributed by atoms with E-state index in [1.165, 1.54) is 4.88 Å². The van der Waals surface area contributed by atoms with E-state index in [-0.39, 0.29) is 5.91 Å². The molecule has 0 atom stereocenters. The number of primary amides is 1. The zero-order valence-electron chi connectivity index (χ0n) is 18.3. The van der Waals surface area contributed by atoms with Gasteiger partial charge in [0.15, 0.2) is 11.6 Å². The Kier molecular flexibility index (Phi) is 6.47. The average Bonchev–Trinajstić information content (AvgIpc) is 3.47. The highest BCUT2D eigenvalue weighted by atomic mass is 32.1. The van der Waals surface area contributed by atoms with E-state index in [0.717, 1.165) is 71.5 Å². The Hall–Kier alpha value is -3.08. The van der Waals surface area contributed by atoms with E-state index in [4.69, 9.17) is 20.4 Å². The molecule has 0 unspecified atom stereocenters. The van der Waals surface area contributed by atoms with Crippen molar-refractivity contribution in [2.75, 3.05) is 37.7 Å². The van der Waals surface area contributed by atoms with Crippen LogP contribution in [0.15, 0.2) is 30.5 Å². The van der Waals surface area contributed by atoms with Gasteiger partial charge in [0.05, 0.1) is 35.1 Å². The van der Waals surface area contributed by atoms with Crippen molar-refractivity contribution < 1.29 is 9.53 Å². The maximum Gasteiger partial charge on any atom is 0.217 e. The molecule has 33 heavy (non-hydrogen) atoms. The molecule has 1 amide bonds. The van der Waals surface area contributed by atoms with Gasteiger partial charge in [-0.15, -0.1) is 11.3 Å². The highest BCUT2D eigenvalue weighted by Gasteiger charge is 2.21. The Labute approximate surface area is 195 Å². The SMILES string of the molecule is NC(=O)CCCCNCc1cc2nc(-c3cccc4[nH]ncc34)nc(N3CCOCC3)c2s1. The molecule has 3 aromatic heterocycles. The van der Waals surface area contributed by atoms with E-state index in [9.17, 15) is 4.79 Å². The van der Waals surface area contributed by atoms with E-state index in [1.54, 1.807) is 11.3 Å². The van der Waals surface area contributed by atoms with Gasteiger partial charge in [0.1, 0.15) is 0 Å². The van der Waals surface area contributed by atoms with Gasteiger partial charge in [0.2, 0.25) is 5.91 Å². The van der Waals surface area contributed by atoms with Crippen LogP contribution in [0.2, 0.25) is 0 Å². The zero-order chi connectivity index (χ0) is 22.6. The summed E-state index contributed by atoms with van der Waals surface area (Å²) in [6.45, 7) is 4.62. The summed E-state index contributed by atoms with van der Waals surface area (Å²) in [5.74, 6) is 1.44. The molecule has 0 saturated carbocycles. The van der Waals surface area contributed by atoms with Gasteiger partial charge in [-0.05, 0) is 31.5 Å². The molecule has 1 aromatic carbocycles. The van der Waals surface area contributed by atoms with E-state index >= 15 is 0 Å². The fraction of sp³-hybridized carbons (Fsp3) is 0.391. The van der Waals surface area contributed by atoms with Crippen molar-refractivity contribution in [3.8, 4) is 11.4 Å². The molecule has 10 heteroatoms. The molecule has 1 saturated heterocycles. The molecule has 1 aliphatic rings. The van der Waals surface area contributed by atoms with E-state index in [0.29, 0.717) is 25.5 Å². The summed E-state index contributed by atoms with van der Waals surface area (Å²) in [5.41, 5.74) is 8.10. The van der Waals surface area contributed by atoms with Crippen molar-refractivity contribution >= 4 is 44.2 Å². The van der Waals surface area contributed by atoms with Crippen LogP contribution in [0.5, 0.6) is 0 Å². The number of nitrogens with one attached hydrogen (secondary N) is 2. The molecular weight excluding hydrogens is 438 g/mol. The zero-order valence-corrected chi connectivity index (χ0v) is 19.2. The molecule has 0 aliphatic carbocycles. The fourth-order valence-electron chi connectivity index (χ4n) is 4.09. The topological polar surface area (TPSA) is 122 Å². The highest BCUT2D eigenvalue weighted by molar-refractivity contribution is 7.19. The molecule has 0 spiro atoms. The van der Waals surface area contributed by atoms with Gasteiger partial charge in [-0.2, -0.15) is 5.10 Å². The number of unbranched alkanes of at least 4 members (excludes halogenated alkanes) is 1. The lowest BCUT2D eigenvalue weighted by Gasteiger charge is -2.28. The number of nitrogens with two attached hydrogens (primary N) is 1. The van der Waals surface area contributed by atoms with Crippen LogP contribution in [0.3, 0.4) is 0 Å². The van der Waals surface area contributed by atoms with Crippen molar-refractivity contribution in [2.24, 2.45) is 5.73 Å². The quantitative estimate of drug-likeness (QED) is 0.325. The molecule has 0 radical (unpaired) electrons. The molecule has 5 rings (SSSR count). The van der Waals surface area contributed by atoms with Gasteiger partial charge >= 0.3 is 0 Å². The Bertz CT molecular complexity index is 1260. The summed E-state index contributed by atoms with van der Waals surface area (Å²) >= 11 is 1.73. The first kappa shape index (κ1) is 21.7. The average molecular weight is 466 g/mol. The molecule has 4 heterocycles. The Morgan fingerprint density at radius 1 is 1.24 bits per heavy atom. The molecule has 4 N–H and O–H groups in total. The van der Waals surface area contributed by atoms with E-state index in [1.807, 2.05) is 24.4 Å². The van der Waals surface area contributed by atoms with Gasteiger partial charge in [0, 0.05) is 41.9 Å². The van der Waals surface area contributed by atoms with E-state index < -0.39 is 0 Å². The third-order valence-corrected chi connectivity index (χ3v) is 6.89. The second kappa shape index (κ2) is 9.82.